The molecule has 154 valence electrons. The lowest BCUT2D eigenvalue weighted by Crippen LogP contribution is -2.27. The summed E-state index contributed by atoms with van der Waals surface area (Å²) in [6.45, 7) is 2.19. The predicted molar refractivity (Wildman–Crippen MR) is 119 cm³/mol. The SMILES string of the molecule is C[C@@H]1ON(c2ccccc2)[C@H](c2ccccc2)[C@H]1COC(=O)c1ccc(Cl)cc1Cl. The Balaban J connectivity index is 1.58. The number of rotatable bonds is 5. The van der Waals surface area contributed by atoms with Gasteiger partial charge in [0.15, 0.2) is 0 Å². The summed E-state index contributed by atoms with van der Waals surface area (Å²) < 4.78 is 5.67. The van der Waals surface area contributed by atoms with Crippen molar-refractivity contribution in [3.8, 4) is 0 Å². The monoisotopic (exact) mass is 441 g/mol. The maximum Gasteiger partial charge on any atom is 0.339 e. The Bertz CT molecular complexity index is 1010. The minimum Gasteiger partial charge on any atom is -0.462 e. The van der Waals surface area contributed by atoms with Gasteiger partial charge in [-0.3, -0.25) is 4.84 Å². The molecule has 0 unspecified atom stereocenters. The van der Waals surface area contributed by atoms with E-state index in [4.69, 9.17) is 32.8 Å². The molecule has 4 nitrogen and oxygen atoms in total. The smallest absolute Gasteiger partial charge is 0.339 e. The van der Waals surface area contributed by atoms with E-state index < -0.39 is 5.97 Å². The maximum atomic E-state index is 12.6. The van der Waals surface area contributed by atoms with Gasteiger partial charge in [0.25, 0.3) is 0 Å². The van der Waals surface area contributed by atoms with Crippen LogP contribution in [-0.4, -0.2) is 18.7 Å². The van der Waals surface area contributed by atoms with Gasteiger partial charge in [-0.15, -0.1) is 0 Å². The highest BCUT2D eigenvalue weighted by atomic mass is 35.5. The van der Waals surface area contributed by atoms with Crippen molar-refractivity contribution in [2.75, 3.05) is 11.7 Å². The first-order valence-corrected chi connectivity index (χ1v) is 10.5. The third-order valence-electron chi connectivity index (χ3n) is 5.25. The molecule has 0 N–H and O–H groups in total. The third kappa shape index (κ3) is 4.31. The van der Waals surface area contributed by atoms with Crippen molar-refractivity contribution < 1.29 is 14.4 Å². The molecule has 0 amide bonds. The van der Waals surface area contributed by atoms with E-state index in [2.05, 4.69) is 12.1 Å². The molecule has 1 aliphatic heterocycles. The van der Waals surface area contributed by atoms with E-state index in [0.717, 1.165) is 11.3 Å². The number of ether oxygens (including phenoxy) is 1. The predicted octanol–water partition coefficient (Wildman–Crippen LogP) is 6.35. The molecule has 1 heterocycles. The quantitative estimate of drug-likeness (QED) is 0.432. The zero-order valence-electron chi connectivity index (χ0n) is 16.4. The Morgan fingerprint density at radius 2 is 1.67 bits per heavy atom. The van der Waals surface area contributed by atoms with Crippen molar-refractivity contribution in [3.05, 3.63) is 100 Å². The zero-order chi connectivity index (χ0) is 21.1. The van der Waals surface area contributed by atoms with Crippen LogP contribution >= 0.6 is 23.2 Å². The number of carbonyl (C=O) groups excluding carboxylic acids is 1. The molecule has 6 heteroatoms. The third-order valence-corrected chi connectivity index (χ3v) is 5.80. The average molecular weight is 442 g/mol. The number of halogens is 2. The molecule has 3 aromatic carbocycles. The summed E-state index contributed by atoms with van der Waals surface area (Å²) in [4.78, 5) is 18.8. The van der Waals surface area contributed by atoms with Gasteiger partial charge in [0.1, 0.15) is 0 Å². The number of benzene rings is 3. The van der Waals surface area contributed by atoms with Crippen LogP contribution in [0.15, 0.2) is 78.9 Å². The number of esters is 1. The van der Waals surface area contributed by atoms with Crippen LogP contribution in [-0.2, 0) is 9.57 Å². The lowest BCUT2D eigenvalue weighted by molar-refractivity contribution is 0.0319. The Hall–Kier alpha value is -2.53. The first kappa shape index (κ1) is 20.7. The fourth-order valence-corrected chi connectivity index (χ4v) is 4.20. The Morgan fingerprint density at radius 1 is 1.00 bits per heavy atom. The summed E-state index contributed by atoms with van der Waals surface area (Å²) in [5.41, 5.74) is 2.34. The summed E-state index contributed by atoms with van der Waals surface area (Å²) in [6.07, 6.45) is -0.149. The largest absolute Gasteiger partial charge is 0.462 e. The molecular formula is C24H21Cl2NO3. The van der Waals surface area contributed by atoms with Crippen LogP contribution in [0.5, 0.6) is 0 Å². The van der Waals surface area contributed by atoms with Gasteiger partial charge >= 0.3 is 5.97 Å². The summed E-state index contributed by atoms with van der Waals surface area (Å²) in [7, 11) is 0. The fraction of sp³-hybridized carbons (Fsp3) is 0.208. The van der Waals surface area contributed by atoms with Crippen LogP contribution in [0.2, 0.25) is 10.0 Å². The van der Waals surface area contributed by atoms with Gasteiger partial charge in [-0.1, -0.05) is 71.7 Å². The van der Waals surface area contributed by atoms with E-state index in [9.17, 15) is 4.79 Å². The molecule has 1 aliphatic rings. The second-order valence-electron chi connectivity index (χ2n) is 7.21. The van der Waals surface area contributed by atoms with Crippen LogP contribution in [0.3, 0.4) is 0 Å². The van der Waals surface area contributed by atoms with Crippen molar-refractivity contribution in [2.45, 2.75) is 19.1 Å². The maximum absolute atomic E-state index is 12.6. The van der Waals surface area contributed by atoms with Gasteiger partial charge in [0, 0.05) is 10.9 Å². The lowest BCUT2D eigenvalue weighted by atomic mass is 9.90. The van der Waals surface area contributed by atoms with Crippen LogP contribution in [0, 0.1) is 5.92 Å². The Kier molecular flexibility index (Phi) is 6.28. The lowest BCUT2D eigenvalue weighted by Gasteiger charge is -2.27. The van der Waals surface area contributed by atoms with Crippen molar-refractivity contribution in [2.24, 2.45) is 5.92 Å². The molecule has 30 heavy (non-hydrogen) atoms. The summed E-state index contributed by atoms with van der Waals surface area (Å²) >= 11 is 12.1. The second-order valence-corrected chi connectivity index (χ2v) is 8.06. The number of hydrogen-bond acceptors (Lipinski definition) is 4. The first-order valence-electron chi connectivity index (χ1n) is 9.73. The van der Waals surface area contributed by atoms with Crippen molar-refractivity contribution in [3.63, 3.8) is 0 Å². The van der Waals surface area contributed by atoms with E-state index in [-0.39, 0.29) is 29.7 Å². The van der Waals surface area contributed by atoms with Crippen LogP contribution < -0.4 is 5.06 Å². The van der Waals surface area contributed by atoms with Gasteiger partial charge in [-0.2, -0.15) is 0 Å². The molecule has 0 spiro atoms. The number of nitrogens with zero attached hydrogens (tertiary/aromatic N) is 1. The molecule has 1 fully saturated rings. The highest BCUT2D eigenvalue weighted by Gasteiger charge is 2.43. The van der Waals surface area contributed by atoms with Crippen LogP contribution in [0.1, 0.15) is 28.9 Å². The highest BCUT2D eigenvalue weighted by Crippen LogP contribution is 2.42. The van der Waals surface area contributed by atoms with Gasteiger partial charge in [-0.05, 0) is 42.8 Å². The standard InChI is InChI=1S/C24H21Cl2NO3/c1-16-21(15-29-24(28)20-13-12-18(25)14-22(20)26)23(17-8-4-2-5-9-17)27(30-16)19-10-6-3-7-11-19/h2-14,16,21,23H,15H2,1H3/t16-,21-,23+/m0/s1. The highest BCUT2D eigenvalue weighted by molar-refractivity contribution is 6.36. The van der Waals surface area contributed by atoms with Crippen LogP contribution in [0.25, 0.3) is 0 Å². The van der Waals surface area contributed by atoms with Gasteiger partial charge < -0.3 is 4.74 Å². The van der Waals surface area contributed by atoms with E-state index in [1.807, 2.05) is 60.5 Å². The molecule has 0 aliphatic carbocycles. The number of hydrogen-bond donors (Lipinski definition) is 0. The average Bonchev–Trinajstić information content (AvgIpc) is 3.09. The van der Waals surface area contributed by atoms with Gasteiger partial charge in [0.2, 0.25) is 0 Å². The molecule has 1 saturated heterocycles. The molecule has 0 aromatic heterocycles. The number of hydroxylamine groups is 1. The second kappa shape index (κ2) is 9.09. The Labute approximate surface area is 185 Å². The normalized spacial score (nSPS) is 20.9. The molecule has 3 aromatic rings. The van der Waals surface area contributed by atoms with Gasteiger partial charge in [-0.25, -0.2) is 9.86 Å². The number of anilines is 1. The van der Waals surface area contributed by atoms with E-state index in [1.165, 1.54) is 6.07 Å². The fourth-order valence-electron chi connectivity index (χ4n) is 3.71. The van der Waals surface area contributed by atoms with Crippen molar-refractivity contribution in [1.82, 2.24) is 0 Å². The molecule has 0 saturated carbocycles. The first-order chi connectivity index (χ1) is 14.5. The summed E-state index contributed by atoms with van der Waals surface area (Å²) in [5, 5.41) is 2.65. The van der Waals surface area contributed by atoms with Crippen molar-refractivity contribution in [1.29, 1.82) is 0 Å². The van der Waals surface area contributed by atoms with E-state index in [0.29, 0.717) is 10.6 Å². The molecule has 0 bridgehead atoms. The number of carbonyl (C=O) groups is 1. The van der Waals surface area contributed by atoms with E-state index in [1.54, 1.807) is 12.1 Å². The molecule has 4 rings (SSSR count). The van der Waals surface area contributed by atoms with Gasteiger partial charge in [0.05, 0.1) is 35.0 Å². The van der Waals surface area contributed by atoms with Crippen LogP contribution in [0.4, 0.5) is 5.69 Å². The molecule has 0 radical (unpaired) electrons. The molecular weight excluding hydrogens is 421 g/mol. The van der Waals surface area contributed by atoms with E-state index >= 15 is 0 Å². The summed E-state index contributed by atoms with van der Waals surface area (Å²) in [5.74, 6) is -0.545. The minimum absolute atomic E-state index is 0.0670. The summed E-state index contributed by atoms with van der Waals surface area (Å²) in [6, 6.07) is 24.7. The zero-order valence-corrected chi connectivity index (χ0v) is 17.9. The van der Waals surface area contributed by atoms with Crippen molar-refractivity contribution >= 4 is 34.9 Å². The topological polar surface area (TPSA) is 38.8 Å². The minimum atomic E-state index is -0.478. The Morgan fingerprint density at radius 3 is 2.33 bits per heavy atom. The number of para-hydroxylation sites is 1. The molecule has 3 atom stereocenters.